The highest BCUT2D eigenvalue weighted by molar-refractivity contribution is 7.86. The second kappa shape index (κ2) is 6.15. The molecule has 2 atom stereocenters. The number of carbonyl (C=O) groups excluding carboxylic acids is 1. The van der Waals surface area contributed by atoms with Crippen LogP contribution < -0.4 is 10.6 Å². The molecule has 0 aliphatic carbocycles. The SMILES string of the molecule is CC(=O)NC(C)c1ccc2nc(C(C3CNC3)S(=O)(=O)O)oc2c1. The predicted octanol–water partition coefficient (Wildman–Crippen LogP) is 1.17. The summed E-state index contributed by atoms with van der Waals surface area (Å²) < 4.78 is 38.6. The fourth-order valence-electron chi connectivity index (χ4n) is 2.84. The number of fused-ring (bicyclic) bond motifs is 1. The first-order valence-corrected chi connectivity index (χ1v) is 9.10. The molecule has 0 spiro atoms. The molecule has 8 nitrogen and oxygen atoms in total. The summed E-state index contributed by atoms with van der Waals surface area (Å²) in [5.41, 5.74) is 1.74. The summed E-state index contributed by atoms with van der Waals surface area (Å²) in [7, 11) is -4.32. The number of benzene rings is 1. The number of nitrogens with one attached hydrogen (secondary N) is 2. The minimum absolute atomic E-state index is 0.0108. The van der Waals surface area contributed by atoms with Crippen LogP contribution in [0.15, 0.2) is 22.6 Å². The first-order valence-electron chi connectivity index (χ1n) is 7.60. The summed E-state index contributed by atoms with van der Waals surface area (Å²) in [6.45, 7) is 4.23. The Morgan fingerprint density at radius 3 is 2.71 bits per heavy atom. The molecule has 2 aromatic rings. The van der Waals surface area contributed by atoms with Crippen LogP contribution in [0, 0.1) is 5.92 Å². The van der Waals surface area contributed by atoms with Gasteiger partial charge in [0, 0.05) is 25.9 Å². The van der Waals surface area contributed by atoms with Crippen LogP contribution >= 0.6 is 0 Å². The van der Waals surface area contributed by atoms with E-state index in [-0.39, 0.29) is 23.8 Å². The highest BCUT2D eigenvalue weighted by atomic mass is 32.2. The van der Waals surface area contributed by atoms with Crippen molar-refractivity contribution in [3.8, 4) is 0 Å². The smallest absolute Gasteiger partial charge is 0.277 e. The zero-order chi connectivity index (χ0) is 17.5. The Labute approximate surface area is 139 Å². The van der Waals surface area contributed by atoms with E-state index in [1.165, 1.54) is 6.92 Å². The van der Waals surface area contributed by atoms with Crippen molar-refractivity contribution in [3.63, 3.8) is 0 Å². The topological polar surface area (TPSA) is 122 Å². The number of carbonyl (C=O) groups is 1. The molecule has 1 aromatic heterocycles. The van der Waals surface area contributed by atoms with Gasteiger partial charge in [-0.05, 0) is 24.6 Å². The van der Waals surface area contributed by atoms with Gasteiger partial charge in [0.2, 0.25) is 11.8 Å². The molecule has 2 heterocycles. The van der Waals surface area contributed by atoms with Crippen LogP contribution in [-0.4, -0.2) is 37.0 Å². The Morgan fingerprint density at radius 1 is 1.46 bits per heavy atom. The lowest BCUT2D eigenvalue weighted by atomic mass is 9.99. The maximum absolute atomic E-state index is 11.7. The van der Waals surface area contributed by atoms with Gasteiger partial charge in [0.1, 0.15) is 5.52 Å². The van der Waals surface area contributed by atoms with Crippen LogP contribution in [0.3, 0.4) is 0 Å². The highest BCUT2D eigenvalue weighted by Gasteiger charge is 2.41. The molecule has 130 valence electrons. The van der Waals surface area contributed by atoms with Gasteiger partial charge < -0.3 is 15.1 Å². The van der Waals surface area contributed by atoms with Crippen LogP contribution in [0.1, 0.15) is 36.6 Å². The molecule has 0 bridgehead atoms. The van der Waals surface area contributed by atoms with Crippen molar-refractivity contribution >= 4 is 27.1 Å². The summed E-state index contributed by atoms with van der Waals surface area (Å²) in [6.07, 6.45) is 0. The van der Waals surface area contributed by atoms with E-state index in [0.717, 1.165) is 5.56 Å². The monoisotopic (exact) mass is 353 g/mol. The van der Waals surface area contributed by atoms with Gasteiger partial charge in [0.25, 0.3) is 10.1 Å². The summed E-state index contributed by atoms with van der Waals surface area (Å²) in [6, 6.07) is 5.00. The van der Waals surface area contributed by atoms with Crippen molar-refractivity contribution in [2.45, 2.75) is 25.1 Å². The van der Waals surface area contributed by atoms with Crippen LogP contribution in [0.25, 0.3) is 11.1 Å². The number of oxazole rings is 1. The molecule has 1 fully saturated rings. The predicted molar refractivity (Wildman–Crippen MR) is 86.9 cm³/mol. The number of hydrogen-bond donors (Lipinski definition) is 3. The van der Waals surface area contributed by atoms with E-state index in [4.69, 9.17) is 4.42 Å². The molecule has 9 heteroatoms. The summed E-state index contributed by atoms with van der Waals surface area (Å²) in [4.78, 5) is 15.4. The Kier molecular flexibility index (Phi) is 4.33. The minimum atomic E-state index is -4.32. The molecular weight excluding hydrogens is 334 g/mol. The lowest BCUT2D eigenvalue weighted by Crippen LogP contribution is -2.47. The Hall–Kier alpha value is -1.97. The maximum Gasteiger partial charge on any atom is 0.277 e. The second-order valence-corrected chi connectivity index (χ2v) is 7.59. The summed E-state index contributed by atoms with van der Waals surface area (Å²) in [5.74, 6) is -0.432. The molecule has 3 N–H and O–H groups in total. The van der Waals surface area contributed by atoms with Gasteiger partial charge in [-0.3, -0.25) is 9.35 Å². The van der Waals surface area contributed by atoms with Gasteiger partial charge in [-0.25, -0.2) is 4.98 Å². The van der Waals surface area contributed by atoms with Crippen molar-refractivity contribution in [1.29, 1.82) is 0 Å². The second-order valence-electron chi connectivity index (χ2n) is 6.06. The van der Waals surface area contributed by atoms with Gasteiger partial charge in [-0.15, -0.1) is 0 Å². The molecule has 1 aromatic carbocycles. The molecule has 1 aliphatic rings. The third-order valence-electron chi connectivity index (χ3n) is 4.15. The van der Waals surface area contributed by atoms with Crippen molar-refractivity contribution in [2.24, 2.45) is 5.92 Å². The lowest BCUT2D eigenvalue weighted by molar-refractivity contribution is -0.119. The van der Waals surface area contributed by atoms with Crippen LogP contribution in [0.4, 0.5) is 0 Å². The summed E-state index contributed by atoms with van der Waals surface area (Å²) in [5, 5.41) is 4.56. The molecule has 3 rings (SSSR count). The first kappa shape index (κ1) is 16.9. The summed E-state index contributed by atoms with van der Waals surface area (Å²) >= 11 is 0. The van der Waals surface area contributed by atoms with Crippen LogP contribution in [0.5, 0.6) is 0 Å². The molecule has 1 amide bonds. The van der Waals surface area contributed by atoms with Gasteiger partial charge in [0.05, 0.1) is 6.04 Å². The van der Waals surface area contributed by atoms with Crippen molar-refractivity contribution in [1.82, 2.24) is 15.6 Å². The fourth-order valence-corrected chi connectivity index (χ4v) is 3.87. The average molecular weight is 353 g/mol. The zero-order valence-electron chi connectivity index (χ0n) is 13.3. The number of amides is 1. The normalized spacial score (nSPS) is 18.1. The molecule has 24 heavy (non-hydrogen) atoms. The number of hydrogen-bond acceptors (Lipinski definition) is 6. The average Bonchev–Trinajstić information content (AvgIpc) is 2.82. The van der Waals surface area contributed by atoms with Gasteiger partial charge >= 0.3 is 0 Å². The van der Waals surface area contributed by atoms with E-state index in [1.54, 1.807) is 18.2 Å². The van der Waals surface area contributed by atoms with E-state index >= 15 is 0 Å². The zero-order valence-corrected chi connectivity index (χ0v) is 14.1. The van der Waals surface area contributed by atoms with Gasteiger partial charge in [-0.2, -0.15) is 8.42 Å². The fraction of sp³-hybridized carbons (Fsp3) is 0.467. The Balaban J connectivity index is 1.97. The third-order valence-corrected chi connectivity index (χ3v) is 5.38. The molecule has 1 saturated heterocycles. The highest BCUT2D eigenvalue weighted by Crippen LogP contribution is 2.34. The van der Waals surface area contributed by atoms with Crippen molar-refractivity contribution in [2.75, 3.05) is 13.1 Å². The van der Waals surface area contributed by atoms with Crippen molar-refractivity contribution in [3.05, 3.63) is 29.7 Å². The number of aromatic nitrogens is 1. The van der Waals surface area contributed by atoms with Crippen molar-refractivity contribution < 1.29 is 22.2 Å². The van der Waals surface area contributed by atoms with E-state index in [1.807, 2.05) is 6.92 Å². The first-order chi connectivity index (χ1) is 11.3. The number of rotatable bonds is 5. The van der Waals surface area contributed by atoms with E-state index in [0.29, 0.717) is 24.2 Å². The maximum atomic E-state index is 11.7. The lowest BCUT2D eigenvalue weighted by Gasteiger charge is -2.30. The van der Waals surface area contributed by atoms with Crippen LogP contribution in [0.2, 0.25) is 0 Å². The van der Waals surface area contributed by atoms with Gasteiger partial charge in [0.15, 0.2) is 10.8 Å². The molecule has 2 unspecified atom stereocenters. The number of nitrogens with zero attached hydrogens (tertiary/aromatic N) is 1. The van der Waals surface area contributed by atoms with Crippen LogP contribution in [-0.2, 0) is 14.9 Å². The van der Waals surface area contributed by atoms with Gasteiger partial charge in [-0.1, -0.05) is 6.07 Å². The largest absolute Gasteiger partial charge is 0.439 e. The quantitative estimate of drug-likeness (QED) is 0.690. The van der Waals surface area contributed by atoms with E-state index < -0.39 is 15.4 Å². The molecule has 0 saturated carbocycles. The Morgan fingerprint density at radius 2 is 2.17 bits per heavy atom. The molecular formula is C15H19N3O5S. The standard InChI is InChI=1S/C15H19N3O5S/c1-8(17-9(2)19)10-3-4-12-13(5-10)23-15(18-12)14(24(20,21)22)11-6-16-7-11/h3-5,8,11,14,16H,6-7H2,1-2H3,(H,17,19)(H,20,21,22). The Bertz CT molecular complexity index is 872. The third kappa shape index (κ3) is 3.28. The minimum Gasteiger partial charge on any atom is -0.439 e. The molecule has 0 radical (unpaired) electrons. The van der Waals surface area contributed by atoms with E-state index in [9.17, 15) is 17.8 Å². The molecule has 1 aliphatic heterocycles. The van der Waals surface area contributed by atoms with E-state index in [2.05, 4.69) is 15.6 Å².